The maximum Gasteiger partial charge on any atom is 0.122 e. The molecule has 0 atom stereocenters. The van der Waals surface area contributed by atoms with Crippen molar-refractivity contribution in [3.8, 4) is 11.5 Å². The summed E-state index contributed by atoms with van der Waals surface area (Å²) in [5.41, 5.74) is 7.82. The molecule has 0 saturated heterocycles. The summed E-state index contributed by atoms with van der Waals surface area (Å²) in [6.45, 7) is 3.06. The number of hydrogen-bond acceptors (Lipinski definition) is 3. The molecule has 2 rings (SSSR count). The Morgan fingerprint density at radius 2 is 1.38 bits per heavy atom. The highest BCUT2D eigenvalue weighted by Gasteiger charge is 1.98. The van der Waals surface area contributed by atoms with Crippen LogP contribution < -0.4 is 15.2 Å². The van der Waals surface area contributed by atoms with Gasteiger partial charge in [-0.1, -0.05) is 42.0 Å². The summed E-state index contributed by atoms with van der Waals surface area (Å²) in [6.07, 6.45) is 0.617. The Balaban J connectivity index is 1.73. The van der Waals surface area contributed by atoms with Gasteiger partial charge in [0.15, 0.2) is 0 Å². The van der Waals surface area contributed by atoms with E-state index in [1.165, 1.54) is 5.56 Å². The largest absolute Gasteiger partial charge is 0.490 e. The van der Waals surface area contributed by atoms with Crippen LogP contribution in [-0.2, 0) is 6.42 Å². The van der Waals surface area contributed by atoms with E-state index in [1.807, 2.05) is 55.5 Å². The molecule has 0 heterocycles. The molecule has 0 saturated carbocycles. The molecular weight excluding hydrogens is 282 g/mol. The molecule has 0 spiro atoms. The second-order valence-corrected chi connectivity index (χ2v) is 5.32. The quantitative estimate of drug-likeness (QED) is 0.629. The fourth-order valence-corrected chi connectivity index (χ4v) is 2.02. The molecule has 0 aliphatic rings. The van der Waals surface area contributed by atoms with Crippen molar-refractivity contribution in [2.45, 2.75) is 13.3 Å². The Morgan fingerprint density at radius 3 is 1.86 bits per heavy atom. The lowest BCUT2D eigenvalue weighted by atomic mass is 10.1. The highest BCUT2D eigenvalue weighted by Crippen LogP contribution is 2.14. The van der Waals surface area contributed by atoms with E-state index in [0.29, 0.717) is 24.6 Å². The molecule has 110 valence electrons. The van der Waals surface area contributed by atoms with E-state index >= 15 is 0 Å². The SMILES string of the molecule is Cc1ccc(OCCOc2ccc(CC(N)=S)cc2)cc1. The van der Waals surface area contributed by atoms with Crippen molar-refractivity contribution in [3.05, 3.63) is 59.7 Å². The van der Waals surface area contributed by atoms with Crippen molar-refractivity contribution in [1.82, 2.24) is 0 Å². The first-order valence-electron chi connectivity index (χ1n) is 6.83. The van der Waals surface area contributed by atoms with Crippen molar-refractivity contribution in [2.24, 2.45) is 5.73 Å². The molecule has 0 aliphatic carbocycles. The molecule has 0 aliphatic heterocycles. The molecule has 0 unspecified atom stereocenters. The molecule has 0 radical (unpaired) electrons. The van der Waals surface area contributed by atoms with Gasteiger partial charge in [-0.15, -0.1) is 0 Å². The normalized spacial score (nSPS) is 10.1. The summed E-state index contributed by atoms with van der Waals surface area (Å²) in [6, 6.07) is 15.7. The number of nitrogens with two attached hydrogens (primary N) is 1. The van der Waals surface area contributed by atoms with Gasteiger partial charge in [-0.05, 0) is 36.8 Å². The smallest absolute Gasteiger partial charge is 0.122 e. The molecule has 21 heavy (non-hydrogen) atoms. The highest BCUT2D eigenvalue weighted by molar-refractivity contribution is 7.80. The van der Waals surface area contributed by atoms with Crippen LogP contribution in [0.1, 0.15) is 11.1 Å². The van der Waals surface area contributed by atoms with Crippen LogP contribution in [0.25, 0.3) is 0 Å². The second-order valence-electron chi connectivity index (χ2n) is 4.80. The van der Waals surface area contributed by atoms with Crippen LogP contribution in [0.4, 0.5) is 0 Å². The van der Waals surface area contributed by atoms with Crippen molar-refractivity contribution in [2.75, 3.05) is 13.2 Å². The maximum absolute atomic E-state index is 5.62. The van der Waals surface area contributed by atoms with Crippen LogP contribution in [-0.4, -0.2) is 18.2 Å². The van der Waals surface area contributed by atoms with Crippen molar-refractivity contribution in [3.63, 3.8) is 0 Å². The Morgan fingerprint density at radius 1 is 0.905 bits per heavy atom. The highest BCUT2D eigenvalue weighted by atomic mass is 32.1. The standard InChI is InChI=1S/C17H19NO2S/c1-13-2-6-15(7-3-13)19-10-11-20-16-8-4-14(5-9-16)12-17(18)21/h2-9H,10-12H2,1H3,(H2,18,21). The molecule has 3 nitrogen and oxygen atoms in total. The number of rotatable bonds is 7. The Hall–Kier alpha value is -2.07. The summed E-state index contributed by atoms with van der Waals surface area (Å²) in [5, 5.41) is 0. The third-order valence-corrected chi connectivity index (χ3v) is 3.09. The minimum absolute atomic E-state index is 0.496. The third kappa shape index (κ3) is 5.44. The van der Waals surface area contributed by atoms with Crippen molar-refractivity contribution in [1.29, 1.82) is 0 Å². The lowest BCUT2D eigenvalue weighted by Crippen LogP contribution is -2.11. The zero-order valence-corrected chi connectivity index (χ0v) is 12.9. The van der Waals surface area contributed by atoms with E-state index in [-0.39, 0.29) is 0 Å². The first-order chi connectivity index (χ1) is 10.1. The van der Waals surface area contributed by atoms with Gasteiger partial charge >= 0.3 is 0 Å². The number of ether oxygens (including phenoxy) is 2. The summed E-state index contributed by atoms with van der Waals surface area (Å²) in [4.78, 5) is 0.496. The molecule has 4 heteroatoms. The Bertz CT molecular complexity index is 579. The van der Waals surface area contributed by atoms with Crippen LogP contribution >= 0.6 is 12.2 Å². The van der Waals surface area contributed by atoms with Gasteiger partial charge in [-0.2, -0.15) is 0 Å². The zero-order chi connectivity index (χ0) is 15.1. The van der Waals surface area contributed by atoms with Crippen LogP contribution in [0.15, 0.2) is 48.5 Å². The first kappa shape index (κ1) is 15.3. The fraction of sp³-hybridized carbons (Fsp3) is 0.235. The van der Waals surface area contributed by atoms with Crippen molar-refractivity contribution >= 4 is 17.2 Å². The van der Waals surface area contributed by atoms with Gasteiger partial charge in [0.25, 0.3) is 0 Å². The average Bonchev–Trinajstić information content (AvgIpc) is 2.46. The molecule has 2 N–H and O–H groups in total. The van der Waals surface area contributed by atoms with Gasteiger partial charge in [0.2, 0.25) is 0 Å². The molecule has 2 aromatic rings. The number of hydrogen-bond donors (Lipinski definition) is 1. The molecule has 2 aromatic carbocycles. The molecule has 0 aromatic heterocycles. The summed E-state index contributed by atoms with van der Waals surface area (Å²) in [7, 11) is 0. The van der Waals surface area contributed by atoms with Gasteiger partial charge in [-0.25, -0.2) is 0 Å². The maximum atomic E-state index is 5.62. The van der Waals surface area contributed by atoms with Gasteiger partial charge in [0.1, 0.15) is 24.7 Å². The second kappa shape index (κ2) is 7.64. The van der Waals surface area contributed by atoms with E-state index < -0.39 is 0 Å². The number of aryl methyl sites for hydroxylation is 1. The predicted molar refractivity (Wildman–Crippen MR) is 89.1 cm³/mol. The Kier molecular flexibility index (Phi) is 5.58. The first-order valence-corrected chi connectivity index (χ1v) is 7.24. The fourth-order valence-electron chi connectivity index (χ4n) is 1.86. The lowest BCUT2D eigenvalue weighted by molar-refractivity contribution is 0.217. The zero-order valence-electron chi connectivity index (χ0n) is 12.0. The summed E-state index contributed by atoms with van der Waals surface area (Å²) in [5.74, 6) is 1.67. The number of benzene rings is 2. The van der Waals surface area contributed by atoms with Crippen LogP contribution in [0.2, 0.25) is 0 Å². The van der Waals surface area contributed by atoms with Crippen LogP contribution in [0.5, 0.6) is 11.5 Å². The minimum Gasteiger partial charge on any atom is -0.490 e. The topological polar surface area (TPSA) is 44.5 Å². The van der Waals surface area contributed by atoms with Gasteiger partial charge in [-0.3, -0.25) is 0 Å². The molecule has 0 bridgehead atoms. The van der Waals surface area contributed by atoms with E-state index in [9.17, 15) is 0 Å². The molecular formula is C17H19NO2S. The Labute approximate surface area is 130 Å². The van der Waals surface area contributed by atoms with Crippen LogP contribution in [0, 0.1) is 6.92 Å². The van der Waals surface area contributed by atoms with E-state index in [2.05, 4.69) is 0 Å². The van der Waals surface area contributed by atoms with Gasteiger partial charge in [0, 0.05) is 6.42 Å². The predicted octanol–water partition coefficient (Wildman–Crippen LogP) is 3.28. The lowest BCUT2D eigenvalue weighted by Gasteiger charge is -2.09. The van der Waals surface area contributed by atoms with E-state index in [0.717, 1.165) is 17.1 Å². The third-order valence-electron chi connectivity index (χ3n) is 2.94. The summed E-state index contributed by atoms with van der Waals surface area (Å²) < 4.78 is 11.2. The van der Waals surface area contributed by atoms with E-state index in [1.54, 1.807) is 0 Å². The van der Waals surface area contributed by atoms with Crippen molar-refractivity contribution < 1.29 is 9.47 Å². The molecule has 0 fully saturated rings. The van der Waals surface area contributed by atoms with Gasteiger partial charge < -0.3 is 15.2 Å². The summed E-state index contributed by atoms with van der Waals surface area (Å²) >= 11 is 4.88. The monoisotopic (exact) mass is 301 g/mol. The number of thiocarbonyl (C=S) groups is 1. The average molecular weight is 301 g/mol. The van der Waals surface area contributed by atoms with Crippen LogP contribution in [0.3, 0.4) is 0 Å². The van der Waals surface area contributed by atoms with Gasteiger partial charge in [0.05, 0.1) is 4.99 Å². The molecule has 0 amide bonds. The minimum atomic E-state index is 0.496. The van der Waals surface area contributed by atoms with E-state index in [4.69, 9.17) is 27.4 Å².